The molecule has 2 saturated heterocycles. The molecular formula is C16H23N3S. The van der Waals surface area contributed by atoms with Crippen LogP contribution in [-0.2, 0) is 0 Å². The van der Waals surface area contributed by atoms with Gasteiger partial charge in [0.05, 0.1) is 6.04 Å². The van der Waals surface area contributed by atoms with Gasteiger partial charge in [-0.15, -0.1) is 0 Å². The molecule has 0 aliphatic carbocycles. The van der Waals surface area contributed by atoms with E-state index in [1.807, 2.05) is 11.8 Å². The maximum Gasteiger partial charge on any atom is 0.157 e. The molecule has 1 N–H and O–H groups in total. The summed E-state index contributed by atoms with van der Waals surface area (Å²) in [7, 11) is 0. The number of benzene rings is 1. The molecule has 108 valence electrons. The van der Waals surface area contributed by atoms with Gasteiger partial charge < -0.3 is 10.2 Å². The lowest BCUT2D eigenvalue weighted by molar-refractivity contribution is 0.344. The first kappa shape index (κ1) is 14.0. The van der Waals surface area contributed by atoms with Gasteiger partial charge in [-0.1, -0.05) is 49.0 Å². The van der Waals surface area contributed by atoms with Crippen LogP contribution in [0, 0.1) is 5.92 Å². The molecule has 3 rings (SSSR count). The molecule has 0 bridgehead atoms. The molecule has 2 unspecified atom stereocenters. The van der Waals surface area contributed by atoms with Crippen molar-refractivity contribution >= 4 is 16.9 Å². The second-order valence-electron chi connectivity index (χ2n) is 5.61. The van der Waals surface area contributed by atoms with Gasteiger partial charge >= 0.3 is 0 Å². The largest absolute Gasteiger partial charge is 0.357 e. The molecule has 0 aromatic heterocycles. The third-order valence-electron chi connectivity index (χ3n) is 4.20. The second-order valence-corrected chi connectivity index (χ2v) is 6.62. The Balaban J connectivity index is 1.51. The van der Waals surface area contributed by atoms with Gasteiger partial charge in [0.1, 0.15) is 0 Å². The van der Waals surface area contributed by atoms with Gasteiger partial charge in [-0.3, -0.25) is 4.99 Å². The average molecular weight is 289 g/mol. The average Bonchev–Trinajstić information content (AvgIpc) is 3.15. The summed E-state index contributed by atoms with van der Waals surface area (Å²) in [5.74, 6) is 1.84. The summed E-state index contributed by atoms with van der Waals surface area (Å²) in [4.78, 5) is 7.31. The Bertz CT molecular complexity index is 460. The van der Waals surface area contributed by atoms with Crippen molar-refractivity contribution in [2.24, 2.45) is 10.9 Å². The minimum atomic E-state index is 0.427. The van der Waals surface area contributed by atoms with Crippen LogP contribution in [0.2, 0.25) is 0 Å². The number of thioether (sulfide) groups is 1. The maximum atomic E-state index is 4.79. The maximum absolute atomic E-state index is 4.79. The number of nitrogens with one attached hydrogen (secondary N) is 1. The smallest absolute Gasteiger partial charge is 0.157 e. The van der Waals surface area contributed by atoms with Gasteiger partial charge in [0, 0.05) is 18.8 Å². The van der Waals surface area contributed by atoms with Gasteiger partial charge in [-0.05, 0) is 31.0 Å². The third kappa shape index (κ3) is 3.36. The number of likely N-dealkylation sites (tertiary alicyclic amines) is 1. The van der Waals surface area contributed by atoms with Gasteiger partial charge in [0.2, 0.25) is 0 Å². The third-order valence-corrected chi connectivity index (χ3v) is 5.22. The lowest BCUT2D eigenvalue weighted by Gasteiger charge is -2.12. The Hall–Kier alpha value is -1.00. The van der Waals surface area contributed by atoms with Crippen LogP contribution in [0.1, 0.15) is 24.9 Å². The first-order valence-corrected chi connectivity index (χ1v) is 8.55. The van der Waals surface area contributed by atoms with Crippen LogP contribution in [0.3, 0.4) is 0 Å². The van der Waals surface area contributed by atoms with E-state index in [0.29, 0.717) is 6.04 Å². The fourth-order valence-electron chi connectivity index (χ4n) is 2.91. The quantitative estimate of drug-likeness (QED) is 0.923. The highest BCUT2D eigenvalue weighted by molar-refractivity contribution is 8.14. The van der Waals surface area contributed by atoms with E-state index in [1.54, 1.807) is 0 Å². The summed E-state index contributed by atoms with van der Waals surface area (Å²) < 4.78 is 0. The summed E-state index contributed by atoms with van der Waals surface area (Å²) in [6, 6.07) is 11.1. The van der Waals surface area contributed by atoms with Crippen molar-refractivity contribution in [3.05, 3.63) is 35.9 Å². The SMILES string of the molecule is CCN1CCC(CN=C2NC(c3ccccc3)CS2)C1. The van der Waals surface area contributed by atoms with Crippen molar-refractivity contribution < 1.29 is 0 Å². The molecule has 2 heterocycles. The van der Waals surface area contributed by atoms with Gasteiger partial charge in [-0.2, -0.15) is 0 Å². The molecule has 1 aromatic carbocycles. The first-order valence-electron chi connectivity index (χ1n) is 7.56. The Labute approximate surface area is 125 Å². The van der Waals surface area contributed by atoms with Crippen LogP contribution in [-0.4, -0.2) is 42.0 Å². The molecule has 1 aromatic rings. The van der Waals surface area contributed by atoms with Crippen molar-refractivity contribution in [1.82, 2.24) is 10.2 Å². The predicted molar refractivity (Wildman–Crippen MR) is 87.3 cm³/mol. The van der Waals surface area contributed by atoms with Crippen LogP contribution < -0.4 is 5.32 Å². The minimum Gasteiger partial charge on any atom is -0.357 e. The van der Waals surface area contributed by atoms with E-state index in [4.69, 9.17) is 4.99 Å². The Kier molecular flexibility index (Phi) is 4.63. The van der Waals surface area contributed by atoms with Gasteiger partial charge in [0.15, 0.2) is 5.17 Å². The van der Waals surface area contributed by atoms with Gasteiger partial charge in [-0.25, -0.2) is 0 Å². The molecule has 2 aliphatic heterocycles. The van der Waals surface area contributed by atoms with Crippen LogP contribution in [0.25, 0.3) is 0 Å². The molecule has 4 heteroatoms. The van der Waals surface area contributed by atoms with E-state index in [0.717, 1.165) is 23.4 Å². The van der Waals surface area contributed by atoms with E-state index >= 15 is 0 Å². The number of amidine groups is 1. The molecule has 0 radical (unpaired) electrons. The van der Waals surface area contributed by atoms with Gasteiger partial charge in [0.25, 0.3) is 0 Å². The molecular weight excluding hydrogens is 266 g/mol. The van der Waals surface area contributed by atoms with Crippen molar-refractivity contribution in [2.45, 2.75) is 19.4 Å². The van der Waals surface area contributed by atoms with Crippen LogP contribution in [0.4, 0.5) is 0 Å². The van der Waals surface area contributed by atoms with E-state index in [-0.39, 0.29) is 0 Å². The van der Waals surface area contributed by atoms with Crippen molar-refractivity contribution in [1.29, 1.82) is 0 Å². The fraction of sp³-hybridized carbons (Fsp3) is 0.562. The topological polar surface area (TPSA) is 27.6 Å². The highest BCUT2D eigenvalue weighted by Crippen LogP contribution is 2.26. The first-order chi connectivity index (χ1) is 9.85. The zero-order valence-corrected chi connectivity index (χ0v) is 12.9. The van der Waals surface area contributed by atoms with Crippen molar-refractivity contribution in [3.63, 3.8) is 0 Å². The summed E-state index contributed by atoms with van der Waals surface area (Å²) in [5.41, 5.74) is 1.36. The Morgan fingerprint density at radius 2 is 2.20 bits per heavy atom. The second kappa shape index (κ2) is 6.64. The monoisotopic (exact) mass is 289 g/mol. The van der Waals surface area contributed by atoms with E-state index in [1.165, 1.54) is 31.6 Å². The molecule has 0 spiro atoms. The molecule has 20 heavy (non-hydrogen) atoms. The summed E-state index contributed by atoms with van der Waals surface area (Å²) in [6.07, 6.45) is 1.30. The molecule has 0 saturated carbocycles. The summed E-state index contributed by atoms with van der Waals surface area (Å²) >= 11 is 1.86. The fourth-order valence-corrected chi connectivity index (χ4v) is 3.90. The van der Waals surface area contributed by atoms with E-state index in [2.05, 4.69) is 47.5 Å². The zero-order valence-electron chi connectivity index (χ0n) is 12.1. The molecule has 2 fully saturated rings. The Morgan fingerprint density at radius 1 is 1.35 bits per heavy atom. The normalized spacial score (nSPS) is 28.9. The molecule has 2 atom stereocenters. The number of hydrogen-bond donors (Lipinski definition) is 1. The highest BCUT2D eigenvalue weighted by atomic mass is 32.2. The summed E-state index contributed by atoms with van der Waals surface area (Å²) in [6.45, 7) is 6.87. The van der Waals surface area contributed by atoms with E-state index < -0.39 is 0 Å². The molecule has 0 amide bonds. The Morgan fingerprint density at radius 3 is 2.95 bits per heavy atom. The number of hydrogen-bond acceptors (Lipinski definition) is 3. The van der Waals surface area contributed by atoms with E-state index in [9.17, 15) is 0 Å². The lowest BCUT2D eigenvalue weighted by atomic mass is 10.1. The number of aliphatic imine (C=N–C) groups is 1. The van der Waals surface area contributed by atoms with Crippen molar-refractivity contribution in [2.75, 3.05) is 31.9 Å². The van der Waals surface area contributed by atoms with Crippen molar-refractivity contribution in [3.8, 4) is 0 Å². The molecule has 3 nitrogen and oxygen atoms in total. The number of nitrogens with zero attached hydrogens (tertiary/aromatic N) is 2. The minimum absolute atomic E-state index is 0.427. The van der Waals surface area contributed by atoms with Crippen LogP contribution in [0.15, 0.2) is 35.3 Å². The standard InChI is InChI=1S/C16H23N3S/c1-2-19-9-8-13(11-19)10-17-16-18-15(12-20-16)14-6-4-3-5-7-14/h3-7,13,15H,2,8-12H2,1H3,(H,17,18). The zero-order chi connectivity index (χ0) is 13.8. The summed E-state index contributed by atoms with van der Waals surface area (Å²) in [5, 5.41) is 4.69. The van der Waals surface area contributed by atoms with Crippen LogP contribution >= 0.6 is 11.8 Å². The predicted octanol–water partition coefficient (Wildman–Crippen LogP) is 2.76. The highest BCUT2D eigenvalue weighted by Gasteiger charge is 2.24. The van der Waals surface area contributed by atoms with Crippen LogP contribution in [0.5, 0.6) is 0 Å². The number of rotatable bonds is 4. The lowest BCUT2D eigenvalue weighted by Crippen LogP contribution is -2.22. The molecule has 2 aliphatic rings.